The van der Waals surface area contributed by atoms with Gasteiger partial charge in [-0.3, -0.25) is 9.59 Å². The van der Waals surface area contributed by atoms with E-state index in [2.05, 4.69) is 10.6 Å². The molecule has 138 valence electrons. The van der Waals surface area contributed by atoms with Gasteiger partial charge >= 0.3 is 0 Å². The number of carbonyl (C=O) groups is 2. The third-order valence-corrected chi connectivity index (χ3v) is 3.96. The summed E-state index contributed by atoms with van der Waals surface area (Å²) in [5.41, 5.74) is 0.754. The molecule has 26 heavy (non-hydrogen) atoms. The molecule has 4 nitrogen and oxygen atoms in total. The van der Waals surface area contributed by atoms with Gasteiger partial charge in [-0.05, 0) is 23.6 Å². The Morgan fingerprint density at radius 1 is 1.04 bits per heavy atom. The lowest BCUT2D eigenvalue weighted by atomic mass is 9.96. The lowest BCUT2D eigenvalue weighted by molar-refractivity contribution is -0.122. The van der Waals surface area contributed by atoms with E-state index in [0.29, 0.717) is 6.07 Å². The van der Waals surface area contributed by atoms with Crippen molar-refractivity contribution in [1.82, 2.24) is 10.6 Å². The van der Waals surface area contributed by atoms with Crippen LogP contribution in [0, 0.1) is 17.6 Å². The van der Waals surface area contributed by atoms with Crippen LogP contribution < -0.4 is 10.6 Å². The fraction of sp³-hybridized carbons (Fsp3) is 0.300. The van der Waals surface area contributed by atoms with Crippen LogP contribution in [0.5, 0.6) is 0 Å². The first-order chi connectivity index (χ1) is 12.4. The Bertz CT molecular complexity index is 764. The molecule has 0 aliphatic carbocycles. The zero-order valence-corrected chi connectivity index (χ0v) is 14.8. The van der Waals surface area contributed by atoms with Crippen molar-refractivity contribution in [2.75, 3.05) is 6.54 Å². The van der Waals surface area contributed by atoms with Crippen LogP contribution in [-0.4, -0.2) is 18.4 Å². The standard InChI is InChI=1S/C20H22F2N2O2/c1-13(2)19(14-6-4-3-5-7-14)24-18(25)10-11-23-20(26)16-9-8-15(21)12-17(16)22/h3-9,12-13,19H,10-11H2,1-2H3,(H,23,26)(H,24,25). The first-order valence-electron chi connectivity index (χ1n) is 8.46. The Labute approximate surface area is 151 Å². The van der Waals surface area contributed by atoms with Crippen LogP contribution in [0.15, 0.2) is 48.5 Å². The van der Waals surface area contributed by atoms with Gasteiger partial charge in [-0.1, -0.05) is 44.2 Å². The molecule has 2 aromatic carbocycles. The molecule has 0 heterocycles. The minimum atomic E-state index is -0.934. The van der Waals surface area contributed by atoms with Crippen LogP contribution in [0.25, 0.3) is 0 Å². The average molecular weight is 360 g/mol. The minimum absolute atomic E-state index is 0.0566. The Hall–Kier alpha value is -2.76. The van der Waals surface area contributed by atoms with Gasteiger partial charge in [-0.15, -0.1) is 0 Å². The van der Waals surface area contributed by atoms with Crippen LogP contribution in [0.1, 0.15) is 42.2 Å². The first-order valence-corrected chi connectivity index (χ1v) is 8.46. The summed E-state index contributed by atoms with van der Waals surface area (Å²) < 4.78 is 26.4. The molecule has 2 rings (SSSR count). The zero-order valence-electron chi connectivity index (χ0n) is 14.8. The predicted octanol–water partition coefficient (Wildman–Crippen LogP) is 3.60. The number of hydrogen-bond donors (Lipinski definition) is 2. The predicted molar refractivity (Wildman–Crippen MR) is 95.5 cm³/mol. The van der Waals surface area contributed by atoms with Gasteiger partial charge in [-0.25, -0.2) is 8.78 Å². The summed E-state index contributed by atoms with van der Waals surface area (Å²) >= 11 is 0. The van der Waals surface area contributed by atoms with Gasteiger partial charge in [0, 0.05) is 19.0 Å². The fourth-order valence-corrected chi connectivity index (χ4v) is 2.60. The van der Waals surface area contributed by atoms with E-state index >= 15 is 0 Å². The number of rotatable bonds is 7. The van der Waals surface area contributed by atoms with Gasteiger partial charge in [0.05, 0.1) is 11.6 Å². The molecule has 1 unspecified atom stereocenters. The Balaban J connectivity index is 1.87. The molecule has 0 fully saturated rings. The van der Waals surface area contributed by atoms with Crippen LogP contribution in [-0.2, 0) is 4.79 Å². The lowest BCUT2D eigenvalue weighted by Gasteiger charge is -2.23. The number of benzene rings is 2. The van der Waals surface area contributed by atoms with Crippen molar-refractivity contribution >= 4 is 11.8 Å². The van der Waals surface area contributed by atoms with Crippen molar-refractivity contribution in [3.63, 3.8) is 0 Å². The molecule has 0 saturated carbocycles. The summed E-state index contributed by atoms with van der Waals surface area (Å²) in [6.07, 6.45) is 0.0601. The summed E-state index contributed by atoms with van der Waals surface area (Å²) in [6, 6.07) is 12.2. The lowest BCUT2D eigenvalue weighted by Crippen LogP contribution is -2.35. The van der Waals surface area contributed by atoms with Crippen LogP contribution >= 0.6 is 0 Å². The number of hydrogen-bond acceptors (Lipinski definition) is 2. The molecule has 0 aliphatic rings. The Kier molecular flexibility index (Phi) is 6.83. The van der Waals surface area contributed by atoms with Gasteiger partial charge in [0.25, 0.3) is 5.91 Å². The third-order valence-electron chi connectivity index (χ3n) is 3.96. The Morgan fingerprint density at radius 2 is 1.73 bits per heavy atom. The van der Waals surface area contributed by atoms with E-state index in [1.54, 1.807) is 0 Å². The van der Waals surface area contributed by atoms with E-state index in [4.69, 9.17) is 0 Å². The van der Waals surface area contributed by atoms with E-state index in [1.165, 1.54) is 0 Å². The topological polar surface area (TPSA) is 58.2 Å². The summed E-state index contributed by atoms with van der Waals surface area (Å²) in [6.45, 7) is 4.08. The summed E-state index contributed by atoms with van der Waals surface area (Å²) in [5, 5.41) is 5.42. The monoisotopic (exact) mass is 360 g/mol. The summed E-state index contributed by atoms with van der Waals surface area (Å²) in [4.78, 5) is 24.1. The van der Waals surface area contributed by atoms with Gasteiger partial charge in [0.1, 0.15) is 11.6 Å². The second kappa shape index (κ2) is 9.08. The Morgan fingerprint density at radius 3 is 2.35 bits per heavy atom. The molecular weight excluding hydrogens is 338 g/mol. The SMILES string of the molecule is CC(C)C(NC(=O)CCNC(=O)c1ccc(F)cc1F)c1ccccc1. The molecular formula is C20H22F2N2O2. The molecule has 0 spiro atoms. The van der Waals surface area contributed by atoms with Crippen molar-refractivity contribution in [3.8, 4) is 0 Å². The van der Waals surface area contributed by atoms with E-state index in [-0.39, 0.29) is 36.4 Å². The largest absolute Gasteiger partial charge is 0.351 e. The number of amides is 2. The van der Waals surface area contributed by atoms with Crippen molar-refractivity contribution < 1.29 is 18.4 Å². The maximum Gasteiger partial charge on any atom is 0.254 e. The second-order valence-corrected chi connectivity index (χ2v) is 6.33. The van der Waals surface area contributed by atoms with Crippen molar-refractivity contribution in [2.45, 2.75) is 26.3 Å². The smallest absolute Gasteiger partial charge is 0.254 e. The van der Waals surface area contributed by atoms with E-state index in [9.17, 15) is 18.4 Å². The number of carbonyl (C=O) groups excluding carboxylic acids is 2. The number of nitrogens with one attached hydrogen (secondary N) is 2. The van der Waals surface area contributed by atoms with Gasteiger partial charge in [-0.2, -0.15) is 0 Å². The maximum atomic E-state index is 13.6. The maximum absolute atomic E-state index is 13.6. The molecule has 2 amide bonds. The van der Waals surface area contributed by atoms with Gasteiger partial charge in [0.15, 0.2) is 0 Å². The van der Waals surface area contributed by atoms with Gasteiger partial charge in [0.2, 0.25) is 5.91 Å². The highest BCUT2D eigenvalue weighted by Crippen LogP contribution is 2.21. The summed E-state index contributed by atoms with van der Waals surface area (Å²) in [5.74, 6) is -2.38. The average Bonchev–Trinajstić information content (AvgIpc) is 2.60. The minimum Gasteiger partial charge on any atom is -0.351 e. The molecule has 2 aromatic rings. The van der Waals surface area contributed by atoms with E-state index in [0.717, 1.165) is 17.7 Å². The van der Waals surface area contributed by atoms with Gasteiger partial charge < -0.3 is 10.6 Å². The van der Waals surface area contributed by atoms with Crippen LogP contribution in [0.4, 0.5) is 8.78 Å². The first kappa shape index (κ1) is 19.6. The molecule has 1 atom stereocenters. The second-order valence-electron chi connectivity index (χ2n) is 6.33. The fourth-order valence-electron chi connectivity index (χ4n) is 2.60. The third kappa shape index (κ3) is 5.37. The quantitative estimate of drug-likeness (QED) is 0.793. The number of halogens is 2. The van der Waals surface area contributed by atoms with Crippen LogP contribution in [0.2, 0.25) is 0 Å². The molecule has 6 heteroatoms. The van der Waals surface area contributed by atoms with E-state index in [1.807, 2.05) is 44.2 Å². The van der Waals surface area contributed by atoms with Crippen molar-refractivity contribution in [2.24, 2.45) is 5.92 Å². The molecule has 0 aromatic heterocycles. The van der Waals surface area contributed by atoms with E-state index < -0.39 is 17.5 Å². The normalized spacial score (nSPS) is 11.9. The van der Waals surface area contributed by atoms with Crippen LogP contribution in [0.3, 0.4) is 0 Å². The highest BCUT2D eigenvalue weighted by atomic mass is 19.1. The molecule has 0 aliphatic heterocycles. The molecule has 0 radical (unpaired) electrons. The molecule has 0 bridgehead atoms. The highest BCUT2D eigenvalue weighted by molar-refractivity contribution is 5.94. The van der Waals surface area contributed by atoms with Crippen molar-refractivity contribution in [3.05, 3.63) is 71.3 Å². The molecule has 2 N–H and O–H groups in total. The van der Waals surface area contributed by atoms with Crippen molar-refractivity contribution in [1.29, 1.82) is 0 Å². The molecule has 0 saturated heterocycles. The summed E-state index contributed by atoms with van der Waals surface area (Å²) in [7, 11) is 0. The zero-order chi connectivity index (χ0) is 19.1. The highest BCUT2D eigenvalue weighted by Gasteiger charge is 2.18.